The van der Waals surface area contributed by atoms with Gasteiger partial charge in [-0.05, 0) is 106 Å². The molecule has 2 amide bonds. The summed E-state index contributed by atoms with van der Waals surface area (Å²) in [6.07, 6.45) is 19.9. The molecule has 1 atom stereocenters. The van der Waals surface area contributed by atoms with Gasteiger partial charge in [-0.2, -0.15) is 0 Å². The molecule has 0 aliphatic carbocycles. The summed E-state index contributed by atoms with van der Waals surface area (Å²) >= 11 is 0. The number of rotatable bonds is 41. The van der Waals surface area contributed by atoms with E-state index in [-0.39, 0.29) is 11.8 Å². The number of likely N-dealkylation sites (N-methyl/N-ethyl adjacent to an activating group) is 1. The van der Waals surface area contributed by atoms with Crippen molar-refractivity contribution in [1.82, 2.24) is 37.2 Å². The van der Waals surface area contributed by atoms with Crippen LogP contribution in [-0.4, -0.2) is 150 Å². The van der Waals surface area contributed by atoms with Gasteiger partial charge in [0.05, 0.1) is 38.6 Å². The van der Waals surface area contributed by atoms with E-state index in [0.717, 1.165) is 122 Å². The molecule has 15 heteroatoms. The smallest absolute Gasteiger partial charge is 0.222 e. The van der Waals surface area contributed by atoms with E-state index in [1.54, 1.807) is 0 Å². The lowest BCUT2D eigenvalue weighted by molar-refractivity contribution is -0.123. The van der Waals surface area contributed by atoms with Gasteiger partial charge in [-0.25, -0.2) is 0 Å². The summed E-state index contributed by atoms with van der Waals surface area (Å²) in [7, 11) is 7.60. The highest BCUT2D eigenvalue weighted by atomic mass is 16.5. The van der Waals surface area contributed by atoms with Crippen molar-refractivity contribution in [1.29, 1.82) is 0 Å². The largest absolute Gasteiger partial charge is 0.379 e. The zero-order valence-corrected chi connectivity index (χ0v) is 46.9. The molecule has 0 spiro atoms. The number of ether oxygens (including phenoxy) is 3. The van der Waals surface area contributed by atoms with E-state index in [1.165, 1.54) is 32.1 Å². The van der Waals surface area contributed by atoms with Crippen LogP contribution in [-0.2, 0) is 38.2 Å². The zero-order valence-electron chi connectivity index (χ0n) is 46.9. The van der Waals surface area contributed by atoms with E-state index >= 15 is 0 Å². The number of nitrogens with one attached hydrogen (secondary N) is 7. The molecule has 0 saturated carbocycles. The van der Waals surface area contributed by atoms with E-state index < -0.39 is 5.54 Å². The number of amides is 2. The summed E-state index contributed by atoms with van der Waals surface area (Å²) in [5, 5.41) is 21.7. The molecule has 0 saturated heterocycles. The molecule has 7 N–H and O–H groups in total. The number of carbonyl (C=O) groups excluding carboxylic acids is 5. The summed E-state index contributed by atoms with van der Waals surface area (Å²) in [5.74, 6) is 0.182. The van der Waals surface area contributed by atoms with Crippen LogP contribution in [0.4, 0.5) is 0 Å². The predicted octanol–water partition coefficient (Wildman–Crippen LogP) is 8.22. The quantitative estimate of drug-likeness (QED) is 0.0229. The topological polar surface area (TPSA) is 197 Å². The van der Waals surface area contributed by atoms with Gasteiger partial charge in [0, 0.05) is 51.8 Å². The number of hydrogen-bond donors (Lipinski definition) is 7. The Hall–Kier alpha value is -2.37. The van der Waals surface area contributed by atoms with Gasteiger partial charge in [0.2, 0.25) is 11.8 Å². The number of hydrogen-bond acceptors (Lipinski definition) is 13. The summed E-state index contributed by atoms with van der Waals surface area (Å²) in [6.45, 7) is 31.0. The minimum Gasteiger partial charge on any atom is -0.379 e. The maximum absolute atomic E-state index is 11.9. The molecule has 0 aliphatic rings. The maximum Gasteiger partial charge on any atom is 0.222 e. The molecule has 67 heavy (non-hydrogen) atoms. The standard InChI is InChI=1S/C22H47N5O5.C10H22N2O.2C6H12O.4C2H6/c1-23-9-4-11-26-12-6-15-30-18-22(25-3,19-31-16-7-14-28)20-32-17-8-21(29)27-13-5-10-24-2;1-3-4-5-7-10(13)12-9-6-8-11-2;2*1-2-3-4-5-6-7;4*1-2/h14,23-26H,4-13,15-20H2,1-3H3,(H,27,29);11H,3-9H2,1-2H3,(H,12,13);2*6H,2-5H2,1H3;4*1-2H3. The number of aldehydes is 3. The summed E-state index contributed by atoms with van der Waals surface area (Å²) < 4.78 is 17.4. The Morgan fingerprint density at radius 3 is 1.19 bits per heavy atom. The summed E-state index contributed by atoms with van der Waals surface area (Å²) in [4.78, 5) is 52.9. The van der Waals surface area contributed by atoms with E-state index in [9.17, 15) is 24.0 Å². The Labute approximate surface area is 415 Å². The van der Waals surface area contributed by atoms with Gasteiger partial charge in [0.1, 0.15) is 18.9 Å². The first kappa shape index (κ1) is 81.6. The highest BCUT2D eigenvalue weighted by Gasteiger charge is 2.30. The van der Waals surface area contributed by atoms with Crippen molar-refractivity contribution in [3.8, 4) is 0 Å². The second kappa shape index (κ2) is 86.8. The SMILES string of the molecule is CC.CC.CC.CC.CCCCCC(=O)NCCCNC.CCCCCC=O.CCCCCC=O.CNCCCNCCCOCC(COCCC=O)(COCCC(=O)NCCCNC)NC. The molecule has 1 unspecified atom stereocenters. The van der Waals surface area contributed by atoms with Gasteiger partial charge in [-0.15, -0.1) is 0 Å². The Kier molecular flexibility index (Phi) is 106. The van der Waals surface area contributed by atoms with Crippen molar-refractivity contribution in [3.05, 3.63) is 0 Å². The van der Waals surface area contributed by atoms with E-state index in [4.69, 9.17) is 14.2 Å². The van der Waals surface area contributed by atoms with Crippen molar-refractivity contribution in [2.45, 2.75) is 197 Å². The fourth-order valence-corrected chi connectivity index (χ4v) is 4.91. The second-order valence-electron chi connectivity index (χ2n) is 14.4. The van der Waals surface area contributed by atoms with Crippen molar-refractivity contribution < 1.29 is 38.2 Å². The third-order valence-electron chi connectivity index (χ3n) is 8.65. The first-order valence-corrected chi connectivity index (χ1v) is 26.7. The van der Waals surface area contributed by atoms with Gasteiger partial charge in [-0.3, -0.25) is 9.59 Å². The lowest BCUT2D eigenvalue weighted by atomic mass is 10.0. The molecule has 0 bridgehead atoms. The third-order valence-corrected chi connectivity index (χ3v) is 8.65. The zero-order chi connectivity index (χ0) is 52.8. The van der Waals surface area contributed by atoms with Crippen molar-refractivity contribution in [3.63, 3.8) is 0 Å². The number of unbranched alkanes of at least 4 members (excludes halogenated alkanes) is 8. The van der Waals surface area contributed by atoms with E-state index in [0.29, 0.717) is 65.4 Å². The minimum absolute atomic E-state index is 0.0168. The van der Waals surface area contributed by atoms with Crippen LogP contribution < -0.4 is 37.2 Å². The van der Waals surface area contributed by atoms with Crippen molar-refractivity contribution in [2.24, 2.45) is 0 Å². The Balaban J connectivity index is -0.000000135. The van der Waals surface area contributed by atoms with Gasteiger partial charge >= 0.3 is 0 Å². The Morgan fingerprint density at radius 2 is 0.791 bits per heavy atom. The molecule has 0 aromatic heterocycles. The molecule has 0 radical (unpaired) electrons. The molecule has 0 fully saturated rings. The minimum atomic E-state index is -0.535. The van der Waals surface area contributed by atoms with Gasteiger partial charge in [-0.1, -0.05) is 115 Å². The van der Waals surface area contributed by atoms with Gasteiger partial charge < -0.3 is 65.8 Å². The summed E-state index contributed by atoms with van der Waals surface area (Å²) in [6, 6.07) is 0. The Bertz CT molecular complexity index is 866. The monoisotopic (exact) mass is 968 g/mol. The highest BCUT2D eigenvalue weighted by Crippen LogP contribution is 2.09. The molecular formula is C52H117N7O8. The molecule has 0 aromatic rings. The van der Waals surface area contributed by atoms with E-state index in [1.807, 2.05) is 83.6 Å². The van der Waals surface area contributed by atoms with Gasteiger partial charge in [0.25, 0.3) is 0 Å². The molecule has 0 rings (SSSR count). The van der Waals surface area contributed by atoms with Crippen molar-refractivity contribution >= 4 is 30.7 Å². The molecule has 0 heterocycles. The first-order valence-electron chi connectivity index (χ1n) is 26.7. The van der Waals surface area contributed by atoms with Crippen LogP contribution in [0.1, 0.15) is 192 Å². The lowest BCUT2D eigenvalue weighted by Crippen LogP contribution is -2.55. The predicted molar refractivity (Wildman–Crippen MR) is 289 cm³/mol. The van der Waals surface area contributed by atoms with Crippen LogP contribution in [0.15, 0.2) is 0 Å². The van der Waals surface area contributed by atoms with Crippen LogP contribution in [0.25, 0.3) is 0 Å². The molecule has 0 aromatic carbocycles. The normalized spacial score (nSPS) is 10.4. The van der Waals surface area contributed by atoms with Gasteiger partial charge in [0.15, 0.2) is 0 Å². The van der Waals surface area contributed by atoms with E-state index in [2.05, 4.69) is 58.0 Å². The molecule has 0 aliphatic heterocycles. The lowest BCUT2D eigenvalue weighted by Gasteiger charge is -2.33. The summed E-state index contributed by atoms with van der Waals surface area (Å²) in [5.41, 5.74) is -0.535. The van der Waals surface area contributed by atoms with Crippen LogP contribution in [0.5, 0.6) is 0 Å². The Morgan fingerprint density at radius 1 is 0.418 bits per heavy atom. The molecule has 15 nitrogen and oxygen atoms in total. The number of carbonyl (C=O) groups is 5. The van der Waals surface area contributed by atoms with Crippen LogP contribution in [0.3, 0.4) is 0 Å². The molecule has 408 valence electrons. The second-order valence-corrected chi connectivity index (χ2v) is 14.4. The van der Waals surface area contributed by atoms with Crippen molar-refractivity contribution in [2.75, 3.05) is 114 Å². The fraction of sp³-hybridized carbons (Fsp3) is 0.904. The average Bonchev–Trinajstić information content (AvgIpc) is 3.37. The maximum atomic E-state index is 11.9. The first-order chi connectivity index (χ1) is 32.8. The van der Waals surface area contributed by atoms with Crippen LogP contribution >= 0.6 is 0 Å². The highest BCUT2D eigenvalue weighted by molar-refractivity contribution is 5.76. The average molecular weight is 969 g/mol. The third kappa shape index (κ3) is 87.3. The fourth-order valence-electron chi connectivity index (χ4n) is 4.91. The molecular weight excluding hydrogens is 851 g/mol. The van der Waals surface area contributed by atoms with Crippen LogP contribution in [0.2, 0.25) is 0 Å². The van der Waals surface area contributed by atoms with Crippen LogP contribution in [0, 0.1) is 0 Å².